The van der Waals surface area contributed by atoms with E-state index in [9.17, 15) is 14.4 Å². The highest BCUT2D eigenvalue weighted by Crippen LogP contribution is 2.45. The van der Waals surface area contributed by atoms with Gasteiger partial charge in [0.05, 0.1) is 11.3 Å². The van der Waals surface area contributed by atoms with Gasteiger partial charge in [0.15, 0.2) is 0 Å². The van der Waals surface area contributed by atoms with E-state index in [0.29, 0.717) is 43.9 Å². The molecule has 4 amide bonds. The SMILES string of the molecule is CCCCOCCCNC(=O)c1ccccc1N1C(=O)[C@@H]2Cc3c([nH]c4ccccc34)[C@@H](c3ccc(C)cc3)N2C1=O. The van der Waals surface area contributed by atoms with Crippen LogP contribution in [0.4, 0.5) is 10.5 Å². The molecule has 2 atom stereocenters. The van der Waals surface area contributed by atoms with Crippen molar-refractivity contribution in [3.63, 3.8) is 0 Å². The summed E-state index contributed by atoms with van der Waals surface area (Å²) in [5, 5.41) is 3.99. The van der Waals surface area contributed by atoms with Crippen molar-refractivity contribution in [3.8, 4) is 0 Å². The van der Waals surface area contributed by atoms with Gasteiger partial charge in [-0.1, -0.05) is 73.5 Å². The molecule has 4 aromatic rings. The molecule has 42 heavy (non-hydrogen) atoms. The third kappa shape index (κ3) is 4.96. The van der Waals surface area contributed by atoms with Crippen LogP contribution in [0.1, 0.15) is 65.0 Å². The number of carbonyl (C=O) groups is 3. The monoisotopic (exact) mass is 564 g/mol. The van der Waals surface area contributed by atoms with E-state index in [0.717, 1.165) is 46.1 Å². The third-order valence-electron chi connectivity index (χ3n) is 8.23. The number of nitrogens with one attached hydrogen (secondary N) is 2. The van der Waals surface area contributed by atoms with Gasteiger partial charge in [0.1, 0.15) is 12.1 Å². The minimum absolute atomic E-state index is 0.293. The number of H-pyrrole nitrogens is 1. The third-order valence-corrected chi connectivity index (χ3v) is 8.23. The Kier molecular flexibility index (Phi) is 7.80. The molecular formula is C34H36N4O4. The Balaban J connectivity index is 1.31. The maximum atomic E-state index is 14.3. The first-order valence-electron chi connectivity index (χ1n) is 14.8. The molecule has 1 aromatic heterocycles. The second kappa shape index (κ2) is 11.8. The average molecular weight is 565 g/mol. The number of aryl methyl sites for hydroxylation is 1. The molecule has 2 aliphatic heterocycles. The minimum Gasteiger partial charge on any atom is -0.381 e. The molecule has 1 saturated heterocycles. The van der Waals surface area contributed by atoms with Crippen molar-refractivity contribution in [3.05, 3.63) is 101 Å². The van der Waals surface area contributed by atoms with Crippen LogP contribution in [-0.2, 0) is 16.0 Å². The number of fused-ring (bicyclic) bond motifs is 4. The zero-order valence-electron chi connectivity index (χ0n) is 24.1. The van der Waals surface area contributed by atoms with Crippen LogP contribution < -0.4 is 10.2 Å². The van der Waals surface area contributed by atoms with Gasteiger partial charge in [0, 0.05) is 42.8 Å². The summed E-state index contributed by atoms with van der Waals surface area (Å²) in [7, 11) is 0. The molecule has 3 aromatic carbocycles. The summed E-state index contributed by atoms with van der Waals surface area (Å²) in [4.78, 5) is 48.1. The smallest absolute Gasteiger partial charge is 0.332 e. The Morgan fingerprint density at radius 3 is 2.52 bits per heavy atom. The van der Waals surface area contributed by atoms with Crippen LogP contribution in [0, 0.1) is 6.92 Å². The number of anilines is 1. The number of hydrogen-bond acceptors (Lipinski definition) is 4. The lowest BCUT2D eigenvalue weighted by atomic mass is 9.88. The van der Waals surface area contributed by atoms with Gasteiger partial charge < -0.3 is 15.0 Å². The Morgan fingerprint density at radius 1 is 0.976 bits per heavy atom. The summed E-state index contributed by atoms with van der Waals surface area (Å²) < 4.78 is 5.59. The molecule has 0 aliphatic carbocycles. The van der Waals surface area contributed by atoms with Crippen LogP contribution in [0.25, 0.3) is 10.9 Å². The van der Waals surface area contributed by atoms with E-state index >= 15 is 0 Å². The fraction of sp³-hybridized carbons (Fsp3) is 0.324. The largest absolute Gasteiger partial charge is 0.381 e. The number of hydrogen-bond donors (Lipinski definition) is 2. The molecule has 6 rings (SSSR count). The van der Waals surface area contributed by atoms with Crippen molar-refractivity contribution < 1.29 is 19.1 Å². The number of aromatic amines is 1. The molecule has 3 heterocycles. The number of urea groups is 1. The predicted octanol–water partition coefficient (Wildman–Crippen LogP) is 5.90. The molecule has 0 saturated carbocycles. The first kappa shape index (κ1) is 27.7. The Labute approximate surface area is 245 Å². The highest BCUT2D eigenvalue weighted by molar-refractivity contribution is 6.24. The van der Waals surface area contributed by atoms with Crippen molar-refractivity contribution in [2.75, 3.05) is 24.7 Å². The maximum Gasteiger partial charge on any atom is 0.332 e. The number of benzene rings is 3. The fourth-order valence-corrected chi connectivity index (χ4v) is 6.07. The van der Waals surface area contributed by atoms with Gasteiger partial charge in [-0.15, -0.1) is 0 Å². The van der Waals surface area contributed by atoms with Gasteiger partial charge in [0.2, 0.25) is 0 Å². The molecular weight excluding hydrogens is 528 g/mol. The number of imide groups is 1. The van der Waals surface area contributed by atoms with E-state index in [1.165, 1.54) is 4.90 Å². The van der Waals surface area contributed by atoms with Crippen LogP contribution in [0.2, 0.25) is 0 Å². The second-order valence-corrected chi connectivity index (χ2v) is 11.1. The van der Waals surface area contributed by atoms with Crippen LogP contribution >= 0.6 is 0 Å². The first-order valence-corrected chi connectivity index (χ1v) is 14.8. The number of carbonyl (C=O) groups excluding carboxylic acids is 3. The summed E-state index contributed by atoms with van der Waals surface area (Å²) in [5.74, 6) is -0.645. The van der Waals surface area contributed by atoms with Gasteiger partial charge >= 0.3 is 6.03 Å². The second-order valence-electron chi connectivity index (χ2n) is 11.1. The van der Waals surface area contributed by atoms with E-state index in [4.69, 9.17) is 4.74 Å². The zero-order chi connectivity index (χ0) is 29.2. The number of para-hydroxylation sites is 2. The number of unbranched alkanes of at least 4 members (excludes halogenated alkanes) is 1. The first-order chi connectivity index (χ1) is 20.5. The molecule has 0 unspecified atom stereocenters. The van der Waals surface area contributed by atoms with Crippen molar-refractivity contribution in [2.45, 2.75) is 51.6 Å². The minimum atomic E-state index is -0.688. The highest BCUT2D eigenvalue weighted by atomic mass is 16.5. The van der Waals surface area contributed by atoms with Crippen molar-refractivity contribution in [1.82, 2.24) is 15.2 Å². The van der Waals surface area contributed by atoms with Crippen LogP contribution in [0.15, 0.2) is 72.8 Å². The highest BCUT2D eigenvalue weighted by Gasteiger charge is 2.53. The molecule has 216 valence electrons. The normalized spacial score (nSPS) is 18.0. The van der Waals surface area contributed by atoms with E-state index in [1.807, 2.05) is 49.4 Å². The maximum absolute atomic E-state index is 14.3. The summed E-state index contributed by atoms with van der Waals surface area (Å²) in [6, 6.07) is 21.4. The van der Waals surface area contributed by atoms with E-state index < -0.39 is 18.1 Å². The number of rotatable bonds is 10. The van der Waals surface area contributed by atoms with Crippen LogP contribution in [0.5, 0.6) is 0 Å². The lowest BCUT2D eigenvalue weighted by Crippen LogP contribution is -2.44. The van der Waals surface area contributed by atoms with E-state index in [1.54, 1.807) is 29.2 Å². The number of aromatic nitrogens is 1. The van der Waals surface area contributed by atoms with E-state index in [2.05, 4.69) is 23.3 Å². The zero-order valence-corrected chi connectivity index (χ0v) is 24.1. The molecule has 8 nitrogen and oxygen atoms in total. The predicted molar refractivity (Wildman–Crippen MR) is 163 cm³/mol. The summed E-state index contributed by atoms with van der Waals surface area (Å²) in [5.41, 5.74) is 5.58. The average Bonchev–Trinajstić information content (AvgIpc) is 3.50. The Hall–Kier alpha value is -4.43. The Morgan fingerprint density at radius 2 is 1.71 bits per heavy atom. The summed E-state index contributed by atoms with van der Waals surface area (Å²) in [6.45, 7) is 5.86. The summed E-state index contributed by atoms with van der Waals surface area (Å²) in [6.07, 6.45) is 3.17. The molecule has 0 bridgehead atoms. The quantitative estimate of drug-likeness (QED) is 0.185. The number of ether oxygens (including phenoxy) is 1. The molecule has 8 heteroatoms. The van der Waals surface area contributed by atoms with Crippen molar-refractivity contribution >= 4 is 34.4 Å². The lowest BCUT2D eigenvalue weighted by Gasteiger charge is -2.36. The topological polar surface area (TPSA) is 94.7 Å². The van der Waals surface area contributed by atoms with E-state index in [-0.39, 0.29) is 11.8 Å². The number of nitrogens with zero attached hydrogens (tertiary/aromatic N) is 2. The van der Waals surface area contributed by atoms with Gasteiger partial charge in [-0.05, 0) is 49.1 Å². The van der Waals surface area contributed by atoms with Gasteiger partial charge in [-0.25, -0.2) is 9.69 Å². The Bertz CT molecular complexity index is 1630. The molecule has 0 spiro atoms. The molecule has 2 N–H and O–H groups in total. The fourth-order valence-electron chi connectivity index (χ4n) is 6.07. The lowest BCUT2D eigenvalue weighted by molar-refractivity contribution is -0.120. The molecule has 0 radical (unpaired) electrons. The van der Waals surface area contributed by atoms with Gasteiger partial charge in [-0.3, -0.25) is 14.5 Å². The standard InChI is InChI=1S/C34H36N4O4/c1-3-4-19-42-20-9-18-35-32(39)25-11-6-8-13-28(25)38-33(40)29-21-26-24-10-5-7-12-27(24)36-30(26)31(37(29)34(38)41)23-16-14-22(2)15-17-23/h5-8,10-17,29,31,36H,3-4,9,18-21H2,1-2H3,(H,35,39)/t29-,31+/m0/s1. The van der Waals surface area contributed by atoms with Gasteiger partial charge in [0.25, 0.3) is 11.8 Å². The molecule has 1 fully saturated rings. The van der Waals surface area contributed by atoms with Crippen molar-refractivity contribution in [1.29, 1.82) is 0 Å². The van der Waals surface area contributed by atoms with Crippen molar-refractivity contribution in [2.24, 2.45) is 0 Å². The summed E-state index contributed by atoms with van der Waals surface area (Å²) >= 11 is 0. The van der Waals surface area contributed by atoms with Crippen LogP contribution in [0.3, 0.4) is 0 Å². The van der Waals surface area contributed by atoms with Gasteiger partial charge in [-0.2, -0.15) is 0 Å². The molecule has 2 aliphatic rings. The number of amides is 4. The van der Waals surface area contributed by atoms with Crippen LogP contribution in [-0.4, -0.2) is 53.5 Å².